The van der Waals surface area contributed by atoms with Crippen LogP contribution in [0, 0.1) is 30.9 Å². The number of hydrogen-bond donors (Lipinski definition) is 1. The molecule has 1 N–H and O–H groups in total. The lowest BCUT2D eigenvalue weighted by atomic mass is 9.86. The van der Waals surface area contributed by atoms with Gasteiger partial charge in [-0.1, -0.05) is 0 Å². The van der Waals surface area contributed by atoms with Crippen LogP contribution in [0.25, 0.3) is 0 Å². The average molecular weight is 440 g/mol. The lowest BCUT2D eigenvalue weighted by molar-refractivity contribution is -0.384. The predicted molar refractivity (Wildman–Crippen MR) is 118 cm³/mol. The second-order valence-electron chi connectivity index (χ2n) is 8.89. The molecule has 170 valence electrons. The van der Waals surface area contributed by atoms with Gasteiger partial charge in [-0.15, -0.1) is 0 Å². The van der Waals surface area contributed by atoms with Gasteiger partial charge in [0.05, 0.1) is 11.5 Å². The highest BCUT2D eigenvalue weighted by Crippen LogP contribution is 2.44. The van der Waals surface area contributed by atoms with Crippen LogP contribution in [0.4, 0.5) is 5.69 Å². The zero-order valence-electron chi connectivity index (χ0n) is 18.8. The van der Waals surface area contributed by atoms with Gasteiger partial charge < -0.3 is 19.5 Å². The summed E-state index contributed by atoms with van der Waals surface area (Å²) in [6.07, 6.45) is 1.70. The first-order valence-corrected chi connectivity index (χ1v) is 10.8. The van der Waals surface area contributed by atoms with Crippen molar-refractivity contribution in [3.05, 3.63) is 56.6 Å². The minimum Gasteiger partial charge on any atom is -0.507 e. The van der Waals surface area contributed by atoms with E-state index in [9.17, 15) is 20.0 Å². The number of fused-ring (bicyclic) bond motifs is 1. The molecule has 1 unspecified atom stereocenters. The van der Waals surface area contributed by atoms with Crippen LogP contribution in [0.2, 0.25) is 0 Å². The van der Waals surface area contributed by atoms with Gasteiger partial charge >= 0.3 is 0 Å². The van der Waals surface area contributed by atoms with Crippen molar-refractivity contribution in [2.24, 2.45) is 0 Å². The van der Waals surface area contributed by atoms with E-state index in [1.807, 2.05) is 27.7 Å². The number of nitrogens with zero attached hydrogens (tertiary/aromatic N) is 2. The van der Waals surface area contributed by atoms with Crippen LogP contribution in [0.15, 0.2) is 24.3 Å². The maximum Gasteiger partial charge on any atom is 0.269 e. The number of hydrogen-bond acceptors (Lipinski definition) is 6. The third-order valence-electron chi connectivity index (χ3n) is 6.75. The molecule has 1 saturated heterocycles. The van der Waals surface area contributed by atoms with E-state index in [0.29, 0.717) is 49.6 Å². The molecule has 1 amide bonds. The van der Waals surface area contributed by atoms with Gasteiger partial charge in [-0.2, -0.15) is 0 Å². The number of nitro groups is 1. The zero-order valence-corrected chi connectivity index (χ0v) is 18.8. The number of ether oxygens (including phenoxy) is 2. The van der Waals surface area contributed by atoms with E-state index in [2.05, 4.69) is 0 Å². The van der Waals surface area contributed by atoms with Crippen LogP contribution in [-0.2, 0) is 11.2 Å². The summed E-state index contributed by atoms with van der Waals surface area (Å²) >= 11 is 0. The second kappa shape index (κ2) is 8.00. The van der Waals surface area contributed by atoms with Crippen LogP contribution in [-0.4, -0.2) is 45.6 Å². The zero-order chi connectivity index (χ0) is 23.2. The van der Waals surface area contributed by atoms with E-state index < -0.39 is 10.5 Å². The highest BCUT2D eigenvalue weighted by molar-refractivity contribution is 5.86. The van der Waals surface area contributed by atoms with Crippen molar-refractivity contribution in [2.45, 2.75) is 58.7 Å². The quantitative estimate of drug-likeness (QED) is 0.570. The summed E-state index contributed by atoms with van der Waals surface area (Å²) in [6, 6.07) is 5.97. The van der Waals surface area contributed by atoms with Crippen molar-refractivity contribution < 1.29 is 24.3 Å². The summed E-state index contributed by atoms with van der Waals surface area (Å²) in [4.78, 5) is 25.5. The third kappa shape index (κ3) is 3.74. The molecule has 0 saturated carbocycles. The van der Waals surface area contributed by atoms with E-state index in [-0.39, 0.29) is 17.7 Å². The first-order chi connectivity index (χ1) is 15.1. The van der Waals surface area contributed by atoms with Crippen molar-refractivity contribution in [1.29, 1.82) is 0 Å². The molecule has 0 aromatic heterocycles. The van der Waals surface area contributed by atoms with E-state index in [0.717, 1.165) is 22.3 Å². The van der Waals surface area contributed by atoms with Crippen molar-refractivity contribution in [3.63, 3.8) is 0 Å². The minimum absolute atomic E-state index is 0.0114. The predicted octanol–water partition coefficient (Wildman–Crippen LogP) is 3.99. The van der Waals surface area contributed by atoms with Gasteiger partial charge in [-0.05, 0) is 62.9 Å². The Morgan fingerprint density at radius 2 is 1.91 bits per heavy atom. The molecule has 0 bridgehead atoms. The maximum absolute atomic E-state index is 13.4. The highest BCUT2D eigenvalue weighted by atomic mass is 16.6. The summed E-state index contributed by atoms with van der Waals surface area (Å²) < 4.78 is 12.3. The number of phenolic OH excluding ortho intramolecular Hbond substituents is 1. The minimum atomic E-state index is -0.976. The van der Waals surface area contributed by atoms with Gasteiger partial charge in [0, 0.05) is 37.1 Å². The monoisotopic (exact) mass is 440 g/mol. The number of carbonyl (C=O) groups excluding carboxylic acids is 1. The first kappa shape index (κ1) is 21.9. The number of phenols is 1. The van der Waals surface area contributed by atoms with Gasteiger partial charge in [0.2, 0.25) is 0 Å². The number of nitro benzene ring substituents is 1. The van der Waals surface area contributed by atoms with E-state index in [4.69, 9.17) is 9.47 Å². The van der Waals surface area contributed by atoms with E-state index >= 15 is 0 Å². The van der Waals surface area contributed by atoms with Crippen molar-refractivity contribution in [2.75, 3.05) is 13.1 Å². The smallest absolute Gasteiger partial charge is 0.269 e. The number of benzene rings is 2. The van der Waals surface area contributed by atoms with Gasteiger partial charge in [-0.25, -0.2) is 0 Å². The Morgan fingerprint density at radius 3 is 2.56 bits per heavy atom. The molecule has 2 aromatic rings. The average Bonchev–Trinajstić information content (AvgIpc) is 3.24. The second-order valence-corrected chi connectivity index (χ2v) is 8.89. The Kier molecular flexibility index (Phi) is 5.48. The molecule has 0 radical (unpaired) electrons. The normalized spacial score (nSPS) is 22.2. The molecule has 2 aromatic carbocycles. The maximum atomic E-state index is 13.4. The summed E-state index contributed by atoms with van der Waals surface area (Å²) in [6.45, 7) is 8.49. The molecule has 2 aliphatic rings. The topological polar surface area (TPSA) is 102 Å². The Balaban J connectivity index is 1.45. The molecule has 8 nitrogen and oxygen atoms in total. The van der Waals surface area contributed by atoms with Crippen LogP contribution < -0.4 is 9.47 Å². The number of likely N-dealkylation sites (tertiary alicyclic amines) is 1. The molecule has 8 heteroatoms. The number of non-ortho nitro benzene ring substituents is 1. The molecule has 2 aliphatic heterocycles. The van der Waals surface area contributed by atoms with Crippen molar-refractivity contribution in [3.8, 4) is 17.2 Å². The van der Waals surface area contributed by atoms with Gasteiger partial charge in [0.25, 0.3) is 11.6 Å². The number of amides is 1. The summed E-state index contributed by atoms with van der Waals surface area (Å²) in [5.74, 6) is 1.48. The largest absolute Gasteiger partial charge is 0.507 e. The van der Waals surface area contributed by atoms with Crippen molar-refractivity contribution in [1.82, 2.24) is 4.90 Å². The van der Waals surface area contributed by atoms with Gasteiger partial charge in [0.1, 0.15) is 23.4 Å². The Morgan fingerprint density at radius 1 is 1.22 bits per heavy atom. The van der Waals surface area contributed by atoms with E-state index in [1.54, 1.807) is 17.0 Å². The lowest BCUT2D eigenvalue weighted by Crippen LogP contribution is -2.52. The van der Waals surface area contributed by atoms with Crippen LogP contribution in [0.5, 0.6) is 17.2 Å². The lowest BCUT2D eigenvalue weighted by Gasteiger charge is -2.38. The number of carbonyl (C=O) groups is 1. The molecule has 4 rings (SSSR count). The van der Waals surface area contributed by atoms with Crippen LogP contribution in [0.3, 0.4) is 0 Å². The van der Waals surface area contributed by atoms with Gasteiger partial charge in [-0.3, -0.25) is 14.9 Å². The molecule has 1 fully saturated rings. The van der Waals surface area contributed by atoms with Crippen LogP contribution in [0.1, 0.15) is 42.0 Å². The Hall–Kier alpha value is -3.29. The van der Waals surface area contributed by atoms with Crippen molar-refractivity contribution >= 4 is 11.6 Å². The van der Waals surface area contributed by atoms with Crippen LogP contribution >= 0.6 is 0 Å². The fourth-order valence-corrected chi connectivity index (χ4v) is 4.58. The molecular formula is C24H28N2O6. The fraction of sp³-hybridized carbons (Fsp3) is 0.458. The van der Waals surface area contributed by atoms with Gasteiger partial charge in [0.15, 0.2) is 5.60 Å². The third-order valence-corrected chi connectivity index (χ3v) is 6.75. The van der Waals surface area contributed by atoms with E-state index in [1.165, 1.54) is 12.1 Å². The molecule has 0 spiro atoms. The summed E-state index contributed by atoms with van der Waals surface area (Å²) in [5.41, 5.74) is 2.46. The Bertz CT molecular complexity index is 1080. The summed E-state index contributed by atoms with van der Waals surface area (Å²) in [5, 5.41) is 21.2. The standard InChI is InChI=1S/C24H28N2O6/c1-14-15(2)22-20(16(3)21(14)27)9-11-24(4,32-22)23(28)25-12-10-19(13-25)31-18-7-5-17(6-8-18)26(29)30/h5-8,19,27H,9-13H2,1-4H3/t19-,24?/m0/s1. The Labute approximate surface area is 186 Å². The SMILES string of the molecule is Cc1c(C)c2c(c(C)c1O)CCC(C)(C(=O)N1CC[C@H](Oc3ccc([N+](=O)[O-])cc3)C1)O2. The fourth-order valence-electron chi connectivity index (χ4n) is 4.58. The first-order valence-electron chi connectivity index (χ1n) is 10.8. The highest BCUT2D eigenvalue weighted by Gasteiger charge is 2.45. The molecule has 32 heavy (non-hydrogen) atoms. The number of rotatable bonds is 4. The summed E-state index contributed by atoms with van der Waals surface area (Å²) in [7, 11) is 0. The molecule has 2 atom stereocenters. The molecule has 0 aliphatic carbocycles. The molecule has 2 heterocycles. The molecular weight excluding hydrogens is 412 g/mol. The number of aromatic hydroxyl groups is 1.